The van der Waals surface area contributed by atoms with E-state index in [0.717, 1.165) is 0 Å². The van der Waals surface area contributed by atoms with Crippen LogP contribution in [0.15, 0.2) is 48.5 Å². The van der Waals surface area contributed by atoms with Gasteiger partial charge in [0.1, 0.15) is 23.1 Å². The maximum absolute atomic E-state index is 13.1. The van der Waals surface area contributed by atoms with Crippen LogP contribution >= 0.6 is 7.60 Å². The number of rotatable bonds is 4. The smallest absolute Gasteiger partial charge is 0.416 e. The fourth-order valence-corrected chi connectivity index (χ4v) is 2.94. The fraction of sp³-hybridized carbons (Fsp3) is 0.250. The molecule has 0 aromatic heterocycles. The Balaban J connectivity index is 2.30. The molecule has 3 nitrogen and oxygen atoms in total. The first-order chi connectivity index (χ1) is 10.2. The van der Waals surface area contributed by atoms with Gasteiger partial charge in [-0.15, -0.1) is 0 Å². The van der Waals surface area contributed by atoms with E-state index in [1.54, 1.807) is 20.8 Å². The van der Waals surface area contributed by atoms with Crippen LogP contribution in [0.1, 0.15) is 20.8 Å². The van der Waals surface area contributed by atoms with Gasteiger partial charge in [-0.1, -0.05) is 0 Å². The van der Waals surface area contributed by atoms with E-state index in [2.05, 4.69) is 0 Å². The number of halogens is 2. The molecular weight excluding hydrogens is 309 g/mol. The topological polar surface area (TPSA) is 35.5 Å². The van der Waals surface area contributed by atoms with Gasteiger partial charge in [-0.3, -0.25) is 0 Å². The summed E-state index contributed by atoms with van der Waals surface area (Å²) in [6.07, 6.45) is 0. The van der Waals surface area contributed by atoms with Gasteiger partial charge < -0.3 is 9.05 Å². The number of hydrogen-bond donors (Lipinski definition) is 0. The zero-order valence-electron chi connectivity index (χ0n) is 12.5. The summed E-state index contributed by atoms with van der Waals surface area (Å²) >= 11 is 0. The van der Waals surface area contributed by atoms with E-state index in [-0.39, 0.29) is 11.5 Å². The minimum absolute atomic E-state index is 0.238. The lowest BCUT2D eigenvalue weighted by Crippen LogP contribution is -2.22. The van der Waals surface area contributed by atoms with Crippen molar-refractivity contribution in [3.8, 4) is 11.5 Å². The van der Waals surface area contributed by atoms with Crippen LogP contribution in [0.4, 0.5) is 8.78 Å². The van der Waals surface area contributed by atoms with Crippen molar-refractivity contribution in [3.05, 3.63) is 60.2 Å². The highest BCUT2D eigenvalue weighted by atomic mass is 31.2. The Morgan fingerprint density at radius 3 is 1.36 bits per heavy atom. The quantitative estimate of drug-likeness (QED) is 0.704. The predicted octanol–water partition coefficient (Wildman–Crippen LogP) is 5.41. The molecule has 6 heteroatoms. The second-order valence-corrected chi connectivity index (χ2v) is 8.46. The SMILES string of the molecule is CC(C)(C)P(=O)(Oc1ccc(F)cc1)Oc1ccc(F)cc1. The van der Waals surface area contributed by atoms with Crippen molar-refractivity contribution in [3.63, 3.8) is 0 Å². The van der Waals surface area contributed by atoms with Crippen molar-refractivity contribution in [1.82, 2.24) is 0 Å². The maximum Gasteiger partial charge on any atom is 0.435 e. The molecule has 0 aliphatic heterocycles. The second-order valence-electron chi connectivity index (χ2n) is 5.76. The second kappa shape index (κ2) is 6.09. The average molecular weight is 326 g/mol. The van der Waals surface area contributed by atoms with E-state index in [0.29, 0.717) is 0 Å². The zero-order chi connectivity index (χ0) is 16.4. The molecule has 0 bridgehead atoms. The molecule has 0 saturated carbocycles. The fourth-order valence-electron chi connectivity index (χ4n) is 1.56. The highest BCUT2D eigenvalue weighted by Crippen LogP contribution is 2.58. The molecule has 0 fully saturated rings. The summed E-state index contributed by atoms with van der Waals surface area (Å²) in [6, 6.07) is 10.3. The van der Waals surface area contributed by atoms with Gasteiger partial charge in [0.2, 0.25) is 0 Å². The summed E-state index contributed by atoms with van der Waals surface area (Å²) in [6.45, 7) is 5.13. The van der Waals surface area contributed by atoms with Crippen molar-refractivity contribution in [2.75, 3.05) is 0 Å². The molecule has 2 aromatic rings. The molecule has 0 aliphatic carbocycles. The van der Waals surface area contributed by atoms with Crippen LogP contribution in [-0.2, 0) is 4.57 Å². The minimum Gasteiger partial charge on any atom is -0.416 e. The van der Waals surface area contributed by atoms with E-state index in [1.165, 1.54) is 48.5 Å². The summed E-state index contributed by atoms with van der Waals surface area (Å²) in [4.78, 5) is 0. The first-order valence-corrected chi connectivity index (χ1v) is 8.24. The van der Waals surface area contributed by atoms with Crippen LogP contribution in [0, 0.1) is 11.6 Å². The van der Waals surface area contributed by atoms with E-state index in [9.17, 15) is 13.3 Å². The Kier molecular flexibility index (Phi) is 4.57. The van der Waals surface area contributed by atoms with Crippen LogP contribution in [0.5, 0.6) is 11.5 Å². The lowest BCUT2D eigenvalue weighted by Gasteiger charge is -2.30. The van der Waals surface area contributed by atoms with Crippen molar-refractivity contribution in [2.24, 2.45) is 0 Å². The number of benzene rings is 2. The number of hydrogen-bond acceptors (Lipinski definition) is 3. The maximum atomic E-state index is 13.1. The van der Waals surface area contributed by atoms with Crippen LogP contribution in [0.25, 0.3) is 0 Å². The van der Waals surface area contributed by atoms with Crippen LogP contribution in [0.2, 0.25) is 0 Å². The molecule has 0 amide bonds. The van der Waals surface area contributed by atoms with Gasteiger partial charge in [-0.25, -0.2) is 13.3 Å². The molecule has 0 unspecified atom stereocenters. The predicted molar refractivity (Wildman–Crippen MR) is 81.4 cm³/mol. The van der Waals surface area contributed by atoms with Gasteiger partial charge in [-0.05, 0) is 69.3 Å². The third-order valence-corrected chi connectivity index (χ3v) is 5.45. The van der Waals surface area contributed by atoms with E-state index in [4.69, 9.17) is 9.05 Å². The molecule has 2 aromatic carbocycles. The van der Waals surface area contributed by atoms with E-state index >= 15 is 0 Å². The highest BCUT2D eigenvalue weighted by molar-refractivity contribution is 7.56. The molecule has 0 saturated heterocycles. The molecule has 0 heterocycles. The molecule has 0 N–H and O–H groups in total. The molecule has 2 rings (SSSR count). The van der Waals surface area contributed by atoms with Gasteiger partial charge >= 0.3 is 7.60 Å². The molecule has 0 aliphatic rings. The molecule has 0 radical (unpaired) electrons. The summed E-state index contributed by atoms with van der Waals surface area (Å²) in [5, 5.41) is -0.824. The summed E-state index contributed by atoms with van der Waals surface area (Å²) < 4.78 is 50.1. The van der Waals surface area contributed by atoms with Crippen LogP contribution < -0.4 is 9.05 Å². The Labute approximate surface area is 128 Å². The van der Waals surface area contributed by atoms with Crippen molar-refractivity contribution in [1.29, 1.82) is 0 Å². The molecular formula is C16H17F2O3P. The largest absolute Gasteiger partial charge is 0.435 e. The highest BCUT2D eigenvalue weighted by Gasteiger charge is 2.43. The van der Waals surface area contributed by atoms with Crippen LogP contribution in [0.3, 0.4) is 0 Å². The van der Waals surface area contributed by atoms with Gasteiger partial charge in [0.25, 0.3) is 0 Å². The normalized spacial score (nSPS) is 12.0. The Morgan fingerprint density at radius 1 is 0.773 bits per heavy atom. The standard InChI is InChI=1S/C16H17F2O3P/c1-16(2,3)22(19,20-14-8-4-12(17)5-9-14)21-15-10-6-13(18)7-11-15/h4-11H,1-3H3. The van der Waals surface area contributed by atoms with E-state index < -0.39 is 24.4 Å². The molecule has 0 atom stereocenters. The van der Waals surface area contributed by atoms with Crippen molar-refractivity contribution < 1.29 is 22.4 Å². The lowest BCUT2D eigenvalue weighted by molar-refractivity contribution is 0.355. The molecule has 22 heavy (non-hydrogen) atoms. The first-order valence-electron chi connectivity index (χ1n) is 6.70. The monoisotopic (exact) mass is 326 g/mol. The van der Waals surface area contributed by atoms with Gasteiger partial charge in [0, 0.05) is 0 Å². The van der Waals surface area contributed by atoms with Gasteiger partial charge in [-0.2, -0.15) is 0 Å². The third kappa shape index (κ3) is 3.86. The van der Waals surface area contributed by atoms with Gasteiger partial charge in [0.15, 0.2) is 0 Å². The van der Waals surface area contributed by atoms with Crippen molar-refractivity contribution >= 4 is 7.60 Å². The summed E-state index contributed by atoms with van der Waals surface area (Å²) in [5.41, 5.74) is 0. The molecule has 118 valence electrons. The summed E-state index contributed by atoms with van der Waals surface area (Å²) in [7, 11) is -3.62. The Bertz CT molecular complexity index is 625. The van der Waals surface area contributed by atoms with E-state index in [1.807, 2.05) is 0 Å². The van der Waals surface area contributed by atoms with Crippen molar-refractivity contribution in [2.45, 2.75) is 25.9 Å². The average Bonchev–Trinajstić information content (AvgIpc) is 2.43. The minimum atomic E-state index is -3.62. The first kappa shape index (κ1) is 16.5. The lowest BCUT2D eigenvalue weighted by atomic mass is 10.3. The van der Waals surface area contributed by atoms with Gasteiger partial charge in [0.05, 0.1) is 5.16 Å². The molecule has 0 spiro atoms. The Hall–Kier alpha value is -1.87. The van der Waals surface area contributed by atoms with Crippen LogP contribution in [-0.4, -0.2) is 5.16 Å². The zero-order valence-corrected chi connectivity index (χ0v) is 13.4. The summed E-state index contributed by atoms with van der Waals surface area (Å²) in [5.74, 6) is -0.363. The third-order valence-electron chi connectivity index (χ3n) is 2.90. The Morgan fingerprint density at radius 2 is 1.09 bits per heavy atom.